The highest BCUT2D eigenvalue weighted by molar-refractivity contribution is 7.92. The molecule has 0 atom stereocenters. The van der Waals surface area contributed by atoms with E-state index in [4.69, 9.17) is 4.42 Å². The van der Waals surface area contributed by atoms with Gasteiger partial charge in [0.15, 0.2) is 0 Å². The number of carbonyl (C=O) groups is 2. The van der Waals surface area contributed by atoms with Crippen molar-refractivity contribution >= 4 is 27.5 Å². The van der Waals surface area contributed by atoms with Crippen molar-refractivity contribution in [1.82, 2.24) is 10.9 Å². The third kappa shape index (κ3) is 4.95. The maximum Gasteiger partial charge on any atom is 0.273 e. The van der Waals surface area contributed by atoms with E-state index < -0.39 is 21.8 Å². The molecule has 0 aliphatic rings. The number of furan rings is 1. The largest absolute Gasteiger partial charge is 0.466 e. The average Bonchev–Trinajstić information content (AvgIpc) is 3.07. The summed E-state index contributed by atoms with van der Waals surface area (Å²) in [5.41, 5.74) is 7.41. The molecule has 0 unspecified atom stereocenters. The second kappa shape index (κ2) is 8.65. The predicted octanol–water partition coefficient (Wildman–Crippen LogP) is 3.39. The molecule has 162 valence electrons. The number of sulfonamides is 1. The van der Waals surface area contributed by atoms with Crippen LogP contribution in [0.1, 0.15) is 43.4 Å². The molecule has 1 heterocycles. The number of hydrogen-bond donors (Lipinski definition) is 3. The van der Waals surface area contributed by atoms with E-state index in [1.54, 1.807) is 32.0 Å². The van der Waals surface area contributed by atoms with E-state index in [1.165, 1.54) is 24.3 Å². The van der Waals surface area contributed by atoms with Gasteiger partial charge in [-0.25, -0.2) is 8.42 Å². The Kier molecular flexibility index (Phi) is 6.16. The van der Waals surface area contributed by atoms with Crippen molar-refractivity contribution in [2.45, 2.75) is 32.6 Å². The molecule has 3 rings (SSSR count). The molecule has 3 N–H and O–H groups in total. The molecule has 2 aromatic carbocycles. The number of amides is 2. The SMILES string of the molecule is Cc1cc(C(=O)NNC(=O)c2ccc(S(=O)(=O)Nc3cccc(C)c3C)cc2)c(C)o1. The Labute approximate surface area is 180 Å². The lowest BCUT2D eigenvalue weighted by atomic mass is 10.1. The second-order valence-electron chi connectivity index (χ2n) is 7.11. The van der Waals surface area contributed by atoms with Crippen LogP contribution in [0.15, 0.2) is 57.8 Å². The monoisotopic (exact) mass is 441 g/mol. The van der Waals surface area contributed by atoms with Crippen LogP contribution >= 0.6 is 0 Å². The summed E-state index contributed by atoms with van der Waals surface area (Å²) in [7, 11) is -3.82. The maximum atomic E-state index is 12.7. The van der Waals surface area contributed by atoms with Crippen LogP contribution in [0.5, 0.6) is 0 Å². The van der Waals surface area contributed by atoms with Crippen molar-refractivity contribution < 1.29 is 22.4 Å². The highest BCUT2D eigenvalue weighted by atomic mass is 32.2. The predicted molar refractivity (Wildman–Crippen MR) is 116 cm³/mol. The fourth-order valence-electron chi connectivity index (χ4n) is 2.96. The van der Waals surface area contributed by atoms with Gasteiger partial charge in [-0.3, -0.25) is 25.2 Å². The molecule has 31 heavy (non-hydrogen) atoms. The van der Waals surface area contributed by atoms with Crippen LogP contribution in [0, 0.1) is 27.7 Å². The van der Waals surface area contributed by atoms with Gasteiger partial charge < -0.3 is 4.42 Å². The molecule has 0 saturated carbocycles. The van der Waals surface area contributed by atoms with Crippen LogP contribution in [0.3, 0.4) is 0 Å². The van der Waals surface area contributed by atoms with E-state index >= 15 is 0 Å². The number of hydrazine groups is 1. The smallest absolute Gasteiger partial charge is 0.273 e. The Balaban J connectivity index is 1.67. The first-order chi connectivity index (χ1) is 14.6. The van der Waals surface area contributed by atoms with E-state index in [1.807, 2.05) is 19.9 Å². The van der Waals surface area contributed by atoms with E-state index in [9.17, 15) is 18.0 Å². The summed E-state index contributed by atoms with van der Waals surface area (Å²) in [6.07, 6.45) is 0. The molecule has 0 saturated heterocycles. The molecule has 3 aromatic rings. The average molecular weight is 442 g/mol. The summed E-state index contributed by atoms with van der Waals surface area (Å²) >= 11 is 0. The molecule has 1 aromatic heterocycles. The normalized spacial score (nSPS) is 11.1. The number of anilines is 1. The maximum absolute atomic E-state index is 12.7. The minimum absolute atomic E-state index is 0.0125. The Morgan fingerprint density at radius 3 is 2.13 bits per heavy atom. The molecule has 9 heteroatoms. The highest BCUT2D eigenvalue weighted by Gasteiger charge is 2.18. The van der Waals surface area contributed by atoms with Gasteiger partial charge in [0.1, 0.15) is 11.5 Å². The van der Waals surface area contributed by atoms with Gasteiger partial charge in [0.05, 0.1) is 16.1 Å². The molecular weight excluding hydrogens is 418 g/mol. The first-order valence-electron chi connectivity index (χ1n) is 9.45. The fourth-order valence-corrected chi connectivity index (χ4v) is 4.08. The van der Waals surface area contributed by atoms with Crippen LogP contribution in [0.25, 0.3) is 0 Å². The third-order valence-corrected chi connectivity index (χ3v) is 6.23. The molecule has 2 amide bonds. The van der Waals surface area contributed by atoms with Crippen molar-refractivity contribution in [3.8, 4) is 0 Å². The lowest BCUT2D eigenvalue weighted by Gasteiger charge is -2.12. The lowest BCUT2D eigenvalue weighted by molar-refractivity contribution is 0.0845. The van der Waals surface area contributed by atoms with E-state index in [0.717, 1.165) is 11.1 Å². The van der Waals surface area contributed by atoms with E-state index in [2.05, 4.69) is 15.6 Å². The summed E-state index contributed by atoms with van der Waals surface area (Å²) in [5, 5.41) is 0. The minimum atomic E-state index is -3.82. The van der Waals surface area contributed by atoms with Crippen LogP contribution < -0.4 is 15.6 Å². The number of hydrogen-bond acceptors (Lipinski definition) is 5. The first-order valence-corrected chi connectivity index (χ1v) is 10.9. The zero-order chi connectivity index (χ0) is 22.8. The van der Waals surface area contributed by atoms with Gasteiger partial charge in [-0.15, -0.1) is 0 Å². The first kappa shape index (κ1) is 22.1. The Morgan fingerprint density at radius 1 is 0.871 bits per heavy atom. The summed E-state index contributed by atoms with van der Waals surface area (Å²) in [4.78, 5) is 24.5. The molecule has 0 radical (unpaired) electrons. The van der Waals surface area contributed by atoms with Gasteiger partial charge in [0.2, 0.25) is 0 Å². The van der Waals surface area contributed by atoms with Crippen LogP contribution in [0.2, 0.25) is 0 Å². The summed E-state index contributed by atoms with van der Waals surface area (Å²) in [6, 6.07) is 12.3. The second-order valence-corrected chi connectivity index (χ2v) is 8.79. The minimum Gasteiger partial charge on any atom is -0.466 e. The van der Waals surface area contributed by atoms with Gasteiger partial charge in [0, 0.05) is 5.56 Å². The number of benzene rings is 2. The molecular formula is C22H23N3O5S. The van der Waals surface area contributed by atoms with E-state index in [-0.39, 0.29) is 10.5 Å². The van der Waals surface area contributed by atoms with Gasteiger partial charge in [-0.05, 0) is 75.2 Å². The Morgan fingerprint density at radius 2 is 1.52 bits per heavy atom. The van der Waals surface area contributed by atoms with Crippen LogP contribution in [-0.2, 0) is 10.0 Å². The van der Waals surface area contributed by atoms with Gasteiger partial charge in [0.25, 0.3) is 21.8 Å². The van der Waals surface area contributed by atoms with Crippen LogP contribution in [-0.4, -0.2) is 20.2 Å². The zero-order valence-electron chi connectivity index (χ0n) is 17.6. The lowest BCUT2D eigenvalue weighted by Crippen LogP contribution is -2.41. The van der Waals surface area contributed by atoms with Gasteiger partial charge in [-0.2, -0.15) is 0 Å². The summed E-state index contributed by atoms with van der Waals surface area (Å²) in [5.74, 6) is -0.0762. The number of nitrogens with one attached hydrogen (secondary N) is 3. The third-order valence-electron chi connectivity index (χ3n) is 4.85. The molecule has 0 spiro atoms. The molecule has 8 nitrogen and oxygen atoms in total. The van der Waals surface area contributed by atoms with Gasteiger partial charge >= 0.3 is 0 Å². The van der Waals surface area contributed by atoms with Crippen molar-refractivity contribution in [2.75, 3.05) is 4.72 Å². The standard InChI is InChI=1S/C22H23N3O5S/c1-13-6-5-7-20(15(13)3)25-31(28,29)18-10-8-17(9-11-18)21(26)23-24-22(27)19-12-14(2)30-16(19)4/h5-12,25H,1-4H3,(H,23,26)(H,24,27). The van der Waals surface area contributed by atoms with E-state index in [0.29, 0.717) is 22.8 Å². The number of rotatable bonds is 5. The molecule has 0 fully saturated rings. The van der Waals surface area contributed by atoms with Crippen molar-refractivity contribution in [3.05, 3.63) is 82.3 Å². The van der Waals surface area contributed by atoms with Crippen molar-refractivity contribution in [3.63, 3.8) is 0 Å². The van der Waals surface area contributed by atoms with Crippen LogP contribution in [0.4, 0.5) is 5.69 Å². The summed E-state index contributed by atoms with van der Waals surface area (Å²) < 4.78 is 33.2. The Bertz CT molecular complexity index is 1240. The number of aryl methyl sites for hydroxylation is 3. The van der Waals surface area contributed by atoms with Crippen molar-refractivity contribution in [2.24, 2.45) is 0 Å². The highest BCUT2D eigenvalue weighted by Crippen LogP contribution is 2.22. The fraction of sp³-hybridized carbons (Fsp3) is 0.182. The number of carbonyl (C=O) groups excluding carboxylic acids is 2. The van der Waals surface area contributed by atoms with Gasteiger partial charge in [-0.1, -0.05) is 12.1 Å². The zero-order valence-corrected chi connectivity index (χ0v) is 18.4. The topological polar surface area (TPSA) is 118 Å². The summed E-state index contributed by atoms with van der Waals surface area (Å²) in [6.45, 7) is 7.10. The molecule has 0 aliphatic carbocycles. The quantitative estimate of drug-likeness (QED) is 0.525. The molecule has 0 aliphatic heterocycles. The van der Waals surface area contributed by atoms with Crippen molar-refractivity contribution in [1.29, 1.82) is 0 Å². The molecule has 0 bridgehead atoms. The Hall–Kier alpha value is -3.59.